The Labute approximate surface area is 279 Å². The van der Waals surface area contributed by atoms with Crippen LogP contribution < -0.4 is 0 Å². The van der Waals surface area contributed by atoms with Gasteiger partial charge < -0.3 is 13.4 Å². The van der Waals surface area contributed by atoms with Crippen molar-refractivity contribution >= 4 is 65.7 Å². The molecule has 0 fully saturated rings. The van der Waals surface area contributed by atoms with E-state index in [1.807, 2.05) is 103 Å². The molecule has 0 saturated heterocycles. The summed E-state index contributed by atoms with van der Waals surface area (Å²) >= 11 is 0. The maximum Gasteiger partial charge on any atom is 0.143 e. The van der Waals surface area contributed by atoms with E-state index in [2.05, 4.69) is 53.1 Å². The fourth-order valence-corrected chi connectivity index (χ4v) is 7.65. The first-order valence-corrected chi connectivity index (χ1v) is 16.1. The number of nitrogens with zero attached hydrogens (tertiary/aromatic N) is 3. The van der Waals surface area contributed by atoms with Crippen LogP contribution in [0.2, 0.25) is 0 Å². The lowest BCUT2D eigenvalue weighted by Gasteiger charge is -2.20. The monoisotopic (exact) mass is 625 g/mol. The first-order chi connectivity index (χ1) is 24.2. The van der Waals surface area contributed by atoms with Crippen molar-refractivity contribution in [1.29, 1.82) is 10.5 Å². The molecule has 0 radical (unpaired) electrons. The third-order valence-corrected chi connectivity index (χ3v) is 9.70. The lowest BCUT2D eigenvalue weighted by molar-refractivity contribution is 0.669. The zero-order valence-electron chi connectivity index (χ0n) is 25.9. The summed E-state index contributed by atoms with van der Waals surface area (Å²) in [4.78, 5) is 0. The standard InChI is InChI=1S/C44H23N3O2/c45-24-26-23-35(33-17-9-15-31-29-13-3-7-21-39(29)48-43(31)33)42(47-37-19-5-1-11-27(37)28-12-2-6-20-38(28)47)36(25-46)41(26)34-18-10-16-32-30-14-4-8-22-40(30)49-44(32)34/h1-23H. The molecule has 3 aromatic heterocycles. The first kappa shape index (κ1) is 27.1. The summed E-state index contributed by atoms with van der Waals surface area (Å²) in [5.74, 6) is 0. The molecular formula is C44H23N3O2. The summed E-state index contributed by atoms with van der Waals surface area (Å²) in [6.07, 6.45) is 0. The summed E-state index contributed by atoms with van der Waals surface area (Å²) in [5.41, 5.74) is 8.94. The van der Waals surface area contributed by atoms with Crippen LogP contribution in [0.5, 0.6) is 0 Å². The van der Waals surface area contributed by atoms with E-state index >= 15 is 0 Å². The molecule has 5 heteroatoms. The minimum atomic E-state index is 0.372. The van der Waals surface area contributed by atoms with E-state index in [4.69, 9.17) is 8.83 Å². The second-order valence-corrected chi connectivity index (χ2v) is 12.2. The molecule has 7 aromatic carbocycles. The largest absolute Gasteiger partial charge is 0.455 e. The Kier molecular flexibility index (Phi) is 5.64. The minimum absolute atomic E-state index is 0.372. The predicted molar refractivity (Wildman–Crippen MR) is 196 cm³/mol. The van der Waals surface area contributed by atoms with Crippen LogP contribution in [0.1, 0.15) is 11.1 Å². The van der Waals surface area contributed by atoms with Gasteiger partial charge in [-0.2, -0.15) is 10.5 Å². The molecule has 0 atom stereocenters. The molecule has 0 aliphatic carbocycles. The Balaban J connectivity index is 1.42. The lowest BCUT2D eigenvalue weighted by atomic mass is 9.87. The number of furan rings is 2. The fourth-order valence-electron chi connectivity index (χ4n) is 7.65. The highest BCUT2D eigenvalue weighted by Crippen LogP contribution is 2.47. The molecule has 0 unspecified atom stereocenters. The lowest BCUT2D eigenvalue weighted by Crippen LogP contribution is -2.05. The molecule has 10 rings (SSSR count). The topological polar surface area (TPSA) is 78.8 Å². The number of rotatable bonds is 3. The number of benzene rings is 7. The van der Waals surface area contributed by atoms with Crippen molar-refractivity contribution < 1.29 is 8.83 Å². The van der Waals surface area contributed by atoms with Crippen molar-refractivity contribution in [2.45, 2.75) is 0 Å². The molecule has 0 aliphatic heterocycles. The molecule has 5 nitrogen and oxygen atoms in total. The first-order valence-electron chi connectivity index (χ1n) is 16.1. The SMILES string of the molecule is N#Cc1cc(-c2cccc3c2oc2ccccc23)c(-n2c3ccccc3c3ccccc32)c(C#N)c1-c1cccc2c1oc1ccccc12. The predicted octanol–water partition coefficient (Wildman–Crippen LogP) is 11.7. The van der Waals surface area contributed by atoms with Crippen molar-refractivity contribution in [1.82, 2.24) is 4.57 Å². The Morgan fingerprint density at radius 3 is 1.51 bits per heavy atom. The number of nitriles is 2. The highest BCUT2D eigenvalue weighted by atomic mass is 16.3. The Morgan fingerprint density at radius 2 is 0.939 bits per heavy atom. The van der Waals surface area contributed by atoms with E-state index < -0.39 is 0 Å². The van der Waals surface area contributed by atoms with Crippen LogP contribution in [-0.2, 0) is 0 Å². The van der Waals surface area contributed by atoms with Crippen LogP contribution in [0.3, 0.4) is 0 Å². The third-order valence-electron chi connectivity index (χ3n) is 9.70. The molecule has 0 spiro atoms. The summed E-state index contributed by atoms with van der Waals surface area (Å²) in [6, 6.07) is 51.3. The van der Waals surface area contributed by atoms with E-state index in [-0.39, 0.29) is 0 Å². The molecule has 49 heavy (non-hydrogen) atoms. The van der Waals surface area contributed by atoms with Gasteiger partial charge in [0.25, 0.3) is 0 Å². The van der Waals surface area contributed by atoms with Crippen molar-refractivity contribution in [3.63, 3.8) is 0 Å². The zero-order chi connectivity index (χ0) is 32.6. The van der Waals surface area contributed by atoms with Crippen molar-refractivity contribution in [2.24, 2.45) is 0 Å². The van der Waals surface area contributed by atoms with E-state index in [9.17, 15) is 10.5 Å². The van der Waals surface area contributed by atoms with Gasteiger partial charge in [0.15, 0.2) is 0 Å². The minimum Gasteiger partial charge on any atom is -0.455 e. The van der Waals surface area contributed by atoms with Crippen LogP contribution in [0.15, 0.2) is 148 Å². The molecule has 226 valence electrons. The fraction of sp³-hybridized carbons (Fsp3) is 0. The highest BCUT2D eigenvalue weighted by molar-refractivity contribution is 6.15. The number of aromatic nitrogens is 1. The molecule has 0 amide bonds. The summed E-state index contributed by atoms with van der Waals surface area (Å²) < 4.78 is 15.2. The van der Waals surface area contributed by atoms with Crippen molar-refractivity contribution in [2.75, 3.05) is 0 Å². The third kappa shape index (κ3) is 3.73. The van der Waals surface area contributed by atoms with Gasteiger partial charge in [0.1, 0.15) is 28.4 Å². The van der Waals surface area contributed by atoms with Gasteiger partial charge in [-0.25, -0.2) is 0 Å². The average Bonchev–Trinajstić information content (AvgIpc) is 3.84. The van der Waals surface area contributed by atoms with Crippen molar-refractivity contribution in [3.8, 4) is 40.1 Å². The van der Waals surface area contributed by atoms with E-state index in [1.54, 1.807) is 0 Å². The van der Waals surface area contributed by atoms with Crippen LogP contribution in [-0.4, -0.2) is 4.57 Å². The quantitative estimate of drug-likeness (QED) is 0.196. The maximum absolute atomic E-state index is 11.3. The average molecular weight is 626 g/mol. The normalized spacial score (nSPS) is 11.6. The summed E-state index contributed by atoms with van der Waals surface area (Å²) in [6.45, 7) is 0. The molecule has 0 aliphatic rings. The second kappa shape index (κ2) is 10.2. The molecule has 3 heterocycles. The van der Waals surface area contributed by atoms with Gasteiger partial charge in [-0.3, -0.25) is 0 Å². The number of hydrogen-bond acceptors (Lipinski definition) is 4. The molecule has 0 bridgehead atoms. The number of fused-ring (bicyclic) bond motifs is 9. The molecule has 0 N–H and O–H groups in total. The van der Waals surface area contributed by atoms with Crippen molar-refractivity contribution in [3.05, 3.63) is 151 Å². The van der Waals surface area contributed by atoms with Gasteiger partial charge in [0.05, 0.1) is 33.9 Å². The van der Waals surface area contributed by atoms with Gasteiger partial charge in [-0.1, -0.05) is 109 Å². The zero-order valence-corrected chi connectivity index (χ0v) is 25.9. The molecule has 0 saturated carbocycles. The number of hydrogen-bond donors (Lipinski definition) is 0. The summed E-state index contributed by atoms with van der Waals surface area (Å²) in [7, 11) is 0. The Morgan fingerprint density at radius 1 is 0.449 bits per heavy atom. The highest BCUT2D eigenvalue weighted by Gasteiger charge is 2.28. The van der Waals surface area contributed by atoms with Gasteiger partial charge in [0.2, 0.25) is 0 Å². The van der Waals surface area contributed by atoms with E-state index in [0.29, 0.717) is 39.1 Å². The van der Waals surface area contributed by atoms with Gasteiger partial charge in [-0.05, 0) is 30.3 Å². The summed E-state index contributed by atoms with van der Waals surface area (Å²) in [5, 5.41) is 28.2. The molecule has 10 aromatic rings. The van der Waals surface area contributed by atoms with Crippen LogP contribution in [0.4, 0.5) is 0 Å². The van der Waals surface area contributed by atoms with Gasteiger partial charge >= 0.3 is 0 Å². The second-order valence-electron chi connectivity index (χ2n) is 12.2. The van der Waals surface area contributed by atoms with Gasteiger partial charge in [0, 0.05) is 54.6 Å². The smallest absolute Gasteiger partial charge is 0.143 e. The van der Waals surface area contributed by atoms with Crippen LogP contribution in [0.25, 0.3) is 93.6 Å². The number of para-hydroxylation sites is 6. The van der Waals surface area contributed by atoms with Gasteiger partial charge in [-0.15, -0.1) is 0 Å². The van der Waals surface area contributed by atoms with Crippen LogP contribution in [0, 0.1) is 22.7 Å². The Bertz CT molecular complexity index is 3030. The van der Waals surface area contributed by atoms with E-state index in [1.165, 1.54) is 0 Å². The molecular weight excluding hydrogens is 603 g/mol. The maximum atomic E-state index is 11.3. The van der Waals surface area contributed by atoms with Crippen LogP contribution >= 0.6 is 0 Å². The van der Waals surface area contributed by atoms with E-state index in [0.717, 1.165) is 65.6 Å². The Hall–Kier alpha value is -7.08.